The van der Waals surface area contributed by atoms with E-state index < -0.39 is 0 Å². The predicted molar refractivity (Wildman–Crippen MR) is 82.6 cm³/mol. The molecule has 0 aliphatic heterocycles. The number of nitrogen functional groups attached to an aromatic ring is 1. The molecule has 0 fully saturated rings. The van der Waals surface area contributed by atoms with Crippen LogP contribution in [0.3, 0.4) is 0 Å². The number of nitrogens with two attached hydrogens (primary N) is 1. The molecule has 0 atom stereocenters. The highest BCUT2D eigenvalue weighted by Gasteiger charge is 1.98. The number of nitrogens with zero attached hydrogens (tertiary/aromatic N) is 1. The number of rotatable bonds is 7. The maximum atomic E-state index is 5.66. The molecule has 1 heterocycles. The van der Waals surface area contributed by atoms with Crippen molar-refractivity contribution in [2.24, 2.45) is 0 Å². The summed E-state index contributed by atoms with van der Waals surface area (Å²) in [6.45, 7) is 4.10. The van der Waals surface area contributed by atoms with Crippen molar-refractivity contribution in [3.05, 3.63) is 45.9 Å². The van der Waals surface area contributed by atoms with Crippen LogP contribution in [-0.2, 0) is 12.8 Å². The number of benzene rings is 1. The van der Waals surface area contributed by atoms with Gasteiger partial charge in [0.25, 0.3) is 0 Å². The maximum Gasteiger partial charge on any atom is 0.0897 e. The van der Waals surface area contributed by atoms with Crippen LogP contribution in [0, 0.1) is 6.92 Å². The van der Waals surface area contributed by atoms with Crippen molar-refractivity contribution in [1.82, 2.24) is 10.3 Å². The summed E-state index contributed by atoms with van der Waals surface area (Å²) in [4.78, 5) is 4.45. The fourth-order valence-corrected chi connectivity index (χ4v) is 2.61. The van der Waals surface area contributed by atoms with Gasteiger partial charge in [-0.05, 0) is 44.0 Å². The molecule has 2 rings (SSSR count). The van der Waals surface area contributed by atoms with E-state index in [4.69, 9.17) is 5.73 Å². The number of hydrogen-bond acceptors (Lipinski definition) is 4. The van der Waals surface area contributed by atoms with Crippen LogP contribution in [0.5, 0.6) is 0 Å². The van der Waals surface area contributed by atoms with Crippen LogP contribution in [0.2, 0.25) is 0 Å². The van der Waals surface area contributed by atoms with Crippen molar-refractivity contribution in [1.29, 1.82) is 0 Å². The highest BCUT2D eigenvalue weighted by Crippen LogP contribution is 2.08. The van der Waals surface area contributed by atoms with Crippen LogP contribution in [0.15, 0.2) is 29.6 Å². The van der Waals surface area contributed by atoms with Crippen molar-refractivity contribution in [2.75, 3.05) is 18.8 Å². The van der Waals surface area contributed by atoms with Gasteiger partial charge in [-0.3, -0.25) is 0 Å². The molecule has 0 amide bonds. The van der Waals surface area contributed by atoms with E-state index in [9.17, 15) is 0 Å². The molecular weight excluding hydrogens is 254 g/mol. The molecule has 0 aliphatic rings. The Labute approximate surface area is 118 Å². The second kappa shape index (κ2) is 7.26. The molecule has 0 aliphatic carbocycles. The Morgan fingerprint density at radius 1 is 1.16 bits per heavy atom. The van der Waals surface area contributed by atoms with Crippen molar-refractivity contribution in [3.63, 3.8) is 0 Å². The van der Waals surface area contributed by atoms with Gasteiger partial charge in [0.2, 0.25) is 0 Å². The van der Waals surface area contributed by atoms with Crippen molar-refractivity contribution < 1.29 is 0 Å². The van der Waals surface area contributed by atoms with Gasteiger partial charge in [0.1, 0.15) is 0 Å². The van der Waals surface area contributed by atoms with E-state index >= 15 is 0 Å². The molecule has 3 N–H and O–H groups in total. The van der Waals surface area contributed by atoms with Gasteiger partial charge in [-0.2, -0.15) is 0 Å². The third-order valence-corrected chi connectivity index (χ3v) is 3.85. The first kappa shape index (κ1) is 14.0. The minimum atomic E-state index is 0.834. The van der Waals surface area contributed by atoms with E-state index in [1.807, 2.05) is 19.1 Å². The molecule has 1 aromatic carbocycles. The summed E-state index contributed by atoms with van der Waals surface area (Å²) in [5.74, 6) is 0. The molecule has 4 heteroatoms. The number of nitrogens with one attached hydrogen (secondary N) is 1. The van der Waals surface area contributed by atoms with Crippen molar-refractivity contribution in [3.8, 4) is 0 Å². The minimum Gasteiger partial charge on any atom is -0.399 e. The number of hydrogen-bond donors (Lipinski definition) is 2. The fourth-order valence-electron chi connectivity index (χ4n) is 1.97. The highest BCUT2D eigenvalue weighted by molar-refractivity contribution is 7.09. The monoisotopic (exact) mass is 275 g/mol. The quantitative estimate of drug-likeness (QED) is 0.603. The van der Waals surface area contributed by atoms with Gasteiger partial charge in [0.15, 0.2) is 0 Å². The lowest BCUT2D eigenvalue weighted by atomic mass is 10.1. The molecular formula is C15H21N3S. The van der Waals surface area contributed by atoms with E-state index in [1.165, 1.54) is 11.3 Å². The highest BCUT2D eigenvalue weighted by atomic mass is 32.1. The summed E-state index contributed by atoms with van der Waals surface area (Å²) in [5.41, 5.74) is 9.05. The third kappa shape index (κ3) is 5.01. The van der Waals surface area contributed by atoms with Gasteiger partial charge >= 0.3 is 0 Å². The number of aromatic nitrogens is 1. The van der Waals surface area contributed by atoms with E-state index in [1.54, 1.807) is 11.3 Å². The van der Waals surface area contributed by atoms with Gasteiger partial charge in [-0.1, -0.05) is 12.1 Å². The first-order valence-corrected chi connectivity index (χ1v) is 7.58. The fraction of sp³-hybridized carbons (Fsp3) is 0.400. The normalized spacial score (nSPS) is 10.8. The molecule has 102 valence electrons. The lowest BCUT2D eigenvalue weighted by molar-refractivity contribution is 0.644. The minimum absolute atomic E-state index is 0.834. The summed E-state index contributed by atoms with van der Waals surface area (Å²) in [5, 5.41) is 6.76. The van der Waals surface area contributed by atoms with Gasteiger partial charge in [0.05, 0.1) is 10.7 Å². The zero-order valence-electron chi connectivity index (χ0n) is 11.4. The smallest absolute Gasteiger partial charge is 0.0897 e. The second-order valence-corrected chi connectivity index (χ2v) is 5.77. The Morgan fingerprint density at radius 2 is 1.95 bits per heavy atom. The summed E-state index contributed by atoms with van der Waals surface area (Å²) >= 11 is 1.72. The Hall–Kier alpha value is -1.39. The molecule has 0 spiro atoms. The van der Waals surface area contributed by atoms with Crippen molar-refractivity contribution >= 4 is 17.0 Å². The van der Waals surface area contributed by atoms with Gasteiger partial charge in [0, 0.05) is 24.0 Å². The standard InChI is InChI=1S/C15H21N3S/c1-12-18-15(11-19-12)8-10-17-9-2-3-13-4-6-14(16)7-5-13/h4-7,11,17H,2-3,8-10,16H2,1H3. The molecule has 1 aromatic heterocycles. The lowest BCUT2D eigenvalue weighted by Crippen LogP contribution is -2.19. The summed E-state index contributed by atoms with van der Waals surface area (Å²) < 4.78 is 0. The van der Waals surface area contributed by atoms with Crippen LogP contribution >= 0.6 is 11.3 Å². The number of aryl methyl sites for hydroxylation is 2. The molecule has 0 saturated heterocycles. The van der Waals surface area contributed by atoms with Crippen molar-refractivity contribution in [2.45, 2.75) is 26.2 Å². The molecule has 0 unspecified atom stereocenters. The van der Waals surface area contributed by atoms with Crippen LogP contribution in [-0.4, -0.2) is 18.1 Å². The average Bonchev–Trinajstić information content (AvgIpc) is 2.81. The zero-order valence-corrected chi connectivity index (χ0v) is 12.2. The van der Waals surface area contributed by atoms with E-state index in [0.29, 0.717) is 0 Å². The second-order valence-electron chi connectivity index (χ2n) is 4.70. The first-order valence-electron chi connectivity index (χ1n) is 6.70. The van der Waals surface area contributed by atoms with Crippen LogP contribution in [0.25, 0.3) is 0 Å². The molecule has 0 bridgehead atoms. The first-order chi connectivity index (χ1) is 9.24. The van der Waals surface area contributed by atoms with Gasteiger partial charge < -0.3 is 11.1 Å². The van der Waals surface area contributed by atoms with Gasteiger partial charge in [-0.25, -0.2) is 4.98 Å². The van der Waals surface area contributed by atoms with E-state index in [-0.39, 0.29) is 0 Å². The topological polar surface area (TPSA) is 50.9 Å². The SMILES string of the molecule is Cc1nc(CCNCCCc2ccc(N)cc2)cs1. The molecule has 0 radical (unpaired) electrons. The Kier molecular flexibility index (Phi) is 5.36. The van der Waals surface area contributed by atoms with Gasteiger partial charge in [-0.15, -0.1) is 11.3 Å². The Morgan fingerprint density at radius 3 is 2.63 bits per heavy atom. The Balaban J connectivity index is 1.56. The van der Waals surface area contributed by atoms with Crippen LogP contribution in [0.4, 0.5) is 5.69 Å². The lowest BCUT2D eigenvalue weighted by Gasteiger charge is -2.04. The maximum absolute atomic E-state index is 5.66. The molecule has 2 aromatic rings. The third-order valence-electron chi connectivity index (χ3n) is 3.02. The number of anilines is 1. The zero-order chi connectivity index (χ0) is 13.5. The molecule has 0 saturated carbocycles. The molecule has 19 heavy (non-hydrogen) atoms. The summed E-state index contributed by atoms with van der Waals surface area (Å²) in [6, 6.07) is 8.14. The Bertz CT molecular complexity index is 490. The average molecular weight is 275 g/mol. The van der Waals surface area contributed by atoms with E-state index in [0.717, 1.165) is 43.0 Å². The summed E-state index contributed by atoms with van der Waals surface area (Å²) in [6.07, 6.45) is 3.27. The number of thiazole rings is 1. The van der Waals surface area contributed by atoms with E-state index in [2.05, 4.69) is 27.8 Å². The van der Waals surface area contributed by atoms with Crippen LogP contribution in [0.1, 0.15) is 22.7 Å². The predicted octanol–water partition coefficient (Wildman–Crippen LogP) is 2.80. The summed E-state index contributed by atoms with van der Waals surface area (Å²) in [7, 11) is 0. The van der Waals surface area contributed by atoms with Crippen LogP contribution < -0.4 is 11.1 Å². The largest absolute Gasteiger partial charge is 0.399 e. The molecule has 3 nitrogen and oxygen atoms in total.